The van der Waals surface area contributed by atoms with Gasteiger partial charge in [0.15, 0.2) is 0 Å². The summed E-state index contributed by atoms with van der Waals surface area (Å²) in [7, 11) is 0. The first-order chi connectivity index (χ1) is 8.78. The van der Waals surface area contributed by atoms with Crippen LogP contribution in [0.1, 0.15) is 34.8 Å². The van der Waals surface area contributed by atoms with Gasteiger partial charge in [-0.05, 0) is 42.2 Å². The summed E-state index contributed by atoms with van der Waals surface area (Å²) in [5, 5.41) is 4.39. The Morgan fingerprint density at radius 3 is 2.22 bits per heavy atom. The summed E-state index contributed by atoms with van der Waals surface area (Å²) in [5.74, 6) is 0.558. The van der Waals surface area contributed by atoms with E-state index in [4.69, 9.17) is 0 Å². The third-order valence-corrected chi connectivity index (χ3v) is 5.02. The van der Waals surface area contributed by atoms with Crippen LogP contribution in [0.25, 0.3) is 0 Å². The van der Waals surface area contributed by atoms with Gasteiger partial charge >= 0.3 is 0 Å². The van der Waals surface area contributed by atoms with Crippen molar-refractivity contribution in [3.8, 4) is 0 Å². The van der Waals surface area contributed by atoms with E-state index in [2.05, 4.69) is 50.4 Å². The Labute approximate surface area is 131 Å². The zero-order valence-electron chi connectivity index (χ0n) is 10.6. The largest absolute Gasteiger partial charge is 0.148 e. The first-order valence-corrected chi connectivity index (χ1v) is 9.33. The number of rotatable bonds is 9. The normalized spacial score (nSPS) is 10.8. The lowest BCUT2D eigenvalue weighted by Crippen LogP contribution is -2.01. The lowest BCUT2D eigenvalue weighted by Gasteiger charge is -2.14. The Balaban J connectivity index is 3.03. The van der Waals surface area contributed by atoms with Crippen LogP contribution in [0.2, 0.25) is 0 Å². The molecule has 0 bridgehead atoms. The summed E-state index contributed by atoms with van der Waals surface area (Å²) < 4.78 is 0. The topological polar surface area (TPSA) is 0 Å². The van der Waals surface area contributed by atoms with Crippen LogP contribution in [0.4, 0.5) is 0 Å². The van der Waals surface area contributed by atoms with E-state index in [9.17, 15) is 0 Å². The third-order valence-electron chi connectivity index (χ3n) is 2.99. The van der Waals surface area contributed by atoms with Gasteiger partial charge in [-0.1, -0.05) is 44.0 Å². The fourth-order valence-electron chi connectivity index (χ4n) is 2.18. The molecule has 0 spiro atoms. The molecule has 0 saturated carbocycles. The Morgan fingerprint density at radius 1 is 1.11 bits per heavy atom. The highest BCUT2D eigenvalue weighted by Crippen LogP contribution is 2.35. The summed E-state index contributed by atoms with van der Waals surface area (Å²) in [6.07, 6.45) is 8.36. The fourth-order valence-corrected chi connectivity index (χ4v) is 4.29. The molecule has 3 heteroatoms. The predicted molar refractivity (Wildman–Crippen MR) is 91.7 cm³/mol. The van der Waals surface area contributed by atoms with E-state index in [0.29, 0.717) is 5.92 Å². The van der Waals surface area contributed by atoms with Crippen LogP contribution >= 0.6 is 43.2 Å². The zero-order valence-corrected chi connectivity index (χ0v) is 14.6. The monoisotopic (exact) mass is 390 g/mol. The third kappa shape index (κ3) is 4.36. The van der Waals surface area contributed by atoms with E-state index in [1.54, 1.807) is 5.56 Å². The van der Waals surface area contributed by atoms with Gasteiger partial charge in [0.1, 0.15) is 0 Å². The van der Waals surface area contributed by atoms with Crippen molar-refractivity contribution in [2.75, 3.05) is 10.7 Å². The van der Waals surface area contributed by atoms with Crippen LogP contribution in [0.15, 0.2) is 30.7 Å². The number of thiophene rings is 1. The molecule has 0 aliphatic carbocycles. The van der Waals surface area contributed by atoms with Gasteiger partial charge in [0.2, 0.25) is 0 Å². The molecule has 0 aromatic carbocycles. The van der Waals surface area contributed by atoms with Gasteiger partial charge in [0.25, 0.3) is 0 Å². The second kappa shape index (κ2) is 9.11. The Bertz CT molecular complexity index is 372. The van der Waals surface area contributed by atoms with Gasteiger partial charge in [0.05, 0.1) is 0 Å². The fraction of sp³-hybridized carbons (Fsp3) is 0.467. The number of aryl methyl sites for hydroxylation is 1. The molecule has 18 heavy (non-hydrogen) atoms. The minimum absolute atomic E-state index is 0.558. The number of alkyl halides is 2. The molecule has 0 fully saturated rings. The standard InChI is InChI=1S/C15H20Br2S/c1-3-5-12(6-4-2)15-14(8-10-17)13(7-9-16)11-18-15/h3-4,11-12H,1-2,5-10H2. The molecule has 0 unspecified atom stereocenters. The van der Waals surface area contributed by atoms with Crippen molar-refractivity contribution in [3.63, 3.8) is 0 Å². The van der Waals surface area contributed by atoms with Crippen LogP contribution in [0.5, 0.6) is 0 Å². The Morgan fingerprint density at radius 2 is 1.72 bits per heavy atom. The average molecular weight is 392 g/mol. The molecular weight excluding hydrogens is 372 g/mol. The maximum atomic E-state index is 3.88. The number of hydrogen-bond acceptors (Lipinski definition) is 1. The minimum Gasteiger partial charge on any atom is -0.148 e. The van der Waals surface area contributed by atoms with E-state index in [-0.39, 0.29) is 0 Å². The molecule has 0 amide bonds. The maximum Gasteiger partial charge on any atom is 0.0117 e. The van der Waals surface area contributed by atoms with Gasteiger partial charge < -0.3 is 0 Å². The molecule has 1 aromatic rings. The Hall–Kier alpha value is 0.140. The molecule has 0 nitrogen and oxygen atoms in total. The molecule has 1 heterocycles. The van der Waals surface area contributed by atoms with Gasteiger partial charge in [0, 0.05) is 21.5 Å². The van der Waals surface area contributed by atoms with Crippen molar-refractivity contribution in [3.05, 3.63) is 46.7 Å². The Kier molecular flexibility index (Phi) is 8.20. The molecule has 0 aliphatic heterocycles. The lowest BCUT2D eigenvalue weighted by atomic mass is 9.93. The van der Waals surface area contributed by atoms with Gasteiger partial charge in [-0.25, -0.2) is 0 Å². The molecule has 0 radical (unpaired) electrons. The molecule has 100 valence electrons. The molecule has 0 aliphatic rings. The minimum atomic E-state index is 0.558. The summed E-state index contributed by atoms with van der Waals surface area (Å²) >= 11 is 9.02. The van der Waals surface area contributed by atoms with Crippen LogP contribution in [-0.4, -0.2) is 10.7 Å². The van der Waals surface area contributed by atoms with E-state index < -0.39 is 0 Å². The van der Waals surface area contributed by atoms with Crippen molar-refractivity contribution in [1.82, 2.24) is 0 Å². The smallest absolute Gasteiger partial charge is 0.0117 e. The highest BCUT2D eigenvalue weighted by atomic mass is 79.9. The second-order valence-electron chi connectivity index (χ2n) is 4.23. The van der Waals surface area contributed by atoms with Crippen molar-refractivity contribution in [2.24, 2.45) is 0 Å². The van der Waals surface area contributed by atoms with E-state index in [1.165, 1.54) is 10.4 Å². The number of allylic oxidation sites excluding steroid dienone is 2. The van der Waals surface area contributed by atoms with Crippen LogP contribution in [-0.2, 0) is 12.8 Å². The highest BCUT2D eigenvalue weighted by molar-refractivity contribution is 9.09. The number of halogens is 2. The molecule has 0 saturated heterocycles. The first-order valence-electron chi connectivity index (χ1n) is 6.21. The summed E-state index contributed by atoms with van der Waals surface area (Å²) in [5.41, 5.74) is 3.05. The summed E-state index contributed by atoms with van der Waals surface area (Å²) in [6.45, 7) is 7.76. The van der Waals surface area contributed by atoms with Gasteiger partial charge in [-0.15, -0.1) is 24.5 Å². The lowest BCUT2D eigenvalue weighted by molar-refractivity contribution is 0.719. The summed E-state index contributed by atoms with van der Waals surface area (Å²) in [4.78, 5) is 1.53. The second-order valence-corrected chi connectivity index (χ2v) is 6.72. The number of hydrogen-bond donors (Lipinski definition) is 0. The molecule has 1 rings (SSSR count). The quantitative estimate of drug-likeness (QED) is 0.365. The van der Waals surface area contributed by atoms with E-state index in [0.717, 1.165) is 36.3 Å². The van der Waals surface area contributed by atoms with Crippen molar-refractivity contribution < 1.29 is 0 Å². The molecule has 0 N–H and O–H groups in total. The van der Waals surface area contributed by atoms with Crippen molar-refractivity contribution in [1.29, 1.82) is 0 Å². The average Bonchev–Trinajstić information content (AvgIpc) is 2.74. The van der Waals surface area contributed by atoms with E-state index >= 15 is 0 Å². The van der Waals surface area contributed by atoms with Crippen molar-refractivity contribution in [2.45, 2.75) is 31.6 Å². The van der Waals surface area contributed by atoms with Crippen molar-refractivity contribution >= 4 is 43.2 Å². The van der Waals surface area contributed by atoms with Crippen LogP contribution in [0.3, 0.4) is 0 Å². The summed E-state index contributed by atoms with van der Waals surface area (Å²) in [6, 6.07) is 0. The molecule has 1 aromatic heterocycles. The first kappa shape index (κ1) is 16.2. The van der Waals surface area contributed by atoms with E-state index in [1.807, 2.05) is 23.5 Å². The predicted octanol–water partition coefficient (Wildman–Crippen LogP) is 5.86. The molecule has 0 atom stereocenters. The van der Waals surface area contributed by atoms with Crippen LogP contribution in [0, 0.1) is 0 Å². The molecular formula is C15H20Br2S. The van der Waals surface area contributed by atoms with Gasteiger partial charge in [-0.2, -0.15) is 0 Å². The SMILES string of the molecule is C=CCC(CC=C)c1scc(CCBr)c1CCBr. The van der Waals surface area contributed by atoms with Gasteiger partial charge in [-0.3, -0.25) is 0 Å². The van der Waals surface area contributed by atoms with Crippen LogP contribution < -0.4 is 0 Å². The zero-order chi connectivity index (χ0) is 13.4. The highest BCUT2D eigenvalue weighted by Gasteiger charge is 2.17. The maximum absolute atomic E-state index is 3.88.